The molecule has 0 N–H and O–H groups in total. The highest BCUT2D eigenvalue weighted by atomic mass is 19.1. The molecule has 0 radical (unpaired) electrons. The summed E-state index contributed by atoms with van der Waals surface area (Å²) < 4.78 is 53.6. The van der Waals surface area contributed by atoms with Gasteiger partial charge in [-0.3, -0.25) is 0 Å². The van der Waals surface area contributed by atoms with Gasteiger partial charge in [-0.1, -0.05) is 24.3 Å². The summed E-state index contributed by atoms with van der Waals surface area (Å²) in [7, 11) is 2.99. The minimum absolute atomic E-state index is 0.283. The van der Waals surface area contributed by atoms with Crippen molar-refractivity contribution in [3.63, 3.8) is 0 Å². The Balaban J connectivity index is 2.16. The first kappa shape index (κ1) is 16.9. The second kappa shape index (κ2) is 6.89. The van der Waals surface area contributed by atoms with Crippen LogP contribution in [0, 0.1) is 17.5 Å². The molecule has 3 aromatic rings. The van der Waals surface area contributed by atoms with E-state index in [1.807, 2.05) is 0 Å². The Morgan fingerprint density at radius 2 is 0.960 bits per heavy atom. The highest BCUT2D eigenvalue weighted by Gasteiger charge is 2.21. The second-order valence-electron chi connectivity index (χ2n) is 5.36. The molecule has 0 saturated heterocycles. The number of hydrogen-bond acceptors (Lipinski definition) is 2. The van der Waals surface area contributed by atoms with Gasteiger partial charge in [0.1, 0.15) is 29.0 Å². The van der Waals surface area contributed by atoms with Gasteiger partial charge in [0.25, 0.3) is 0 Å². The number of rotatable bonds is 4. The van der Waals surface area contributed by atoms with Crippen molar-refractivity contribution in [2.75, 3.05) is 14.2 Å². The summed E-state index contributed by atoms with van der Waals surface area (Å²) in [6, 6.07) is 13.1. The Bertz CT molecular complexity index is 817. The van der Waals surface area contributed by atoms with Gasteiger partial charge in [-0.05, 0) is 35.4 Å². The van der Waals surface area contributed by atoms with E-state index < -0.39 is 17.5 Å². The van der Waals surface area contributed by atoms with E-state index in [0.717, 1.165) is 0 Å². The van der Waals surface area contributed by atoms with Crippen LogP contribution < -0.4 is 9.47 Å². The predicted octanol–water partition coefficient (Wildman–Crippen LogP) is 5.46. The van der Waals surface area contributed by atoms with Gasteiger partial charge in [0.15, 0.2) is 0 Å². The number of hydrogen-bond donors (Lipinski definition) is 0. The topological polar surface area (TPSA) is 18.5 Å². The van der Waals surface area contributed by atoms with Crippen molar-refractivity contribution in [1.29, 1.82) is 0 Å². The first-order chi connectivity index (χ1) is 12.0. The molecule has 0 saturated carbocycles. The molecule has 128 valence electrons. The van der Waals surface area contributed by atoms with Gasteiger partial charge in [-0.2, -0.15) is 0 Å². The molecule has 0 unspecified atom stereocenters. The zero-order chi connectivity index (χ0) is 18.0. The molecular weight excluding hydrogens is 329 g/mol. The molecule has 3 aromatic carbocycles. The van der Waals surface area contributed by atoms with Crippen molar-refractivity contribution in [1.82, 2.24) is 0 Å². The first-order valence-electron chi connectivity index (χ1n) is 7.51. The summed E-state index contributed by atoms with van der Waals surface area (Å²) in [5.74, 6) is -1.76. The molecule has 0 fully saturated rings. The largest absolute Gasteiger partial charge is 0.497 e. The van der Waals surface area contributed by atoms with Gasteiger partial charge in [0.05, 0.1) is 25.3 Å². The zero-order valence-electron chi connectivity index (χ0n) is 13.6. The van der Waals surface area contributed by atoms with Gasteiger partial charge >= 0.3 is 0 Å². The van der Waals surface area contributed by atoms with Crippen molar-refractivity contribution < 1.29 is 22.6 Å². The van der Waals surface area contributed by atoms with Gasteiger partial charge in [0, 0.05) is 6.07 Å². The summed E-state index contributed by atoms with van der Waals surface area (Å²) in [6.07, 6.45) is 0. The molecule has 0 bridgehead atoms. The van der Waals surface area contributed by atoms with Gasteiger partial charge in [-0.15, -0.1) is 0 Å². The van der Waals surface area contributed by atoms with Crippen molar-refractivity contribution in [2.45, 2.75) is 0 Å². The van der Waals surface area contributed by atoms with E-state index in [4.69, 9.17) is 9.47 Å². The van der Waals surface area contributed by atoms with E-state index in [2.05, 4.69) is 0 Å². The average Bonchev–Trinajstić information content (AvgIpc) is 2.62. The van der Waals surface area contributed by atoms with Crippen LogP contribution in [-0.4, -0.2) is 14.2 Å². The van der Waals surface area contributed by atoms with E-state index in [0.29, 0.717) is 28.7 Å². The highest BCUT2D eigenvalue weighted by molar-refractivity contribution is 5.75. The third kappa shape index (κ3) is 3.18. The Hall–Kier alpha value is -2.95. The lowest BCUT2D eigenvalue weighted by Gasteiger charge is -2.12. The third-order valence-electron chi connectivity index (χ3n) is 3.93. The fourth-order valence-electron chi connectivity index (χ4n) is 2.63. The van der Waals surface area contributed by atoms with Crippen LogP contribution in [0.5, 0.6) is 11.5 Å². The van der Waals surface area contributed by atoms with E-state index in [1.165, 1.54) is 38.5 Å². The molecule has 3 rings (SSSR count). The minimum atomic E-state index is -0.961. The smallest absolute Gasteiger partial charge is 0.144 e. The fourth-order valence-corrected chi connectivity index (χ4v) is 2.63. The number of benzene rings is 3. The molecule has 0 amide bonds. The number of methoxy groups -OCH3 is 2. The van der Waals surface area contributed by atoms with Crippen molar-refractivity contribution >= 4 is 0 Å². The van der Waals surface area contributed by atoms with Gasteiger partial charge < -0.3 is 9.47 Å². The average molecular weight is 344 g/mol. The summed E-state index contributed by atoms with van der Waals surface area (Å²) in [5, 5.41) is 0. The van der Waals surface area contributed by atoms with Crippen LogP contribution in [0.4, 0.5) is 13.2 Å². The Kier molecular flexibility index (Phi) is 4.65. The number of halogens is 3. The van der Waals surface area contributed by atoms with Crippen molar-refractivity contribution in [3.05, 3.63) is 72.0 Å². The summed E-state index contributed by atoms with van der Waals surface area (Å²) in [6.45, 7) is 0. The van der Waals surface area contributed by atoms with Crippen LogP contribution in [0.3, 0.4) is 0 Å². The Morgan fingerprint density at radius 1 is 0.600 bits per heavy atom. The molecule has 0 aliphatic heterocycles. The molecule has 0 heterocycles. The summed E-state index contributed by atoms with van der Waals surface area (Å²) in [5.41, 5.74) is 0.0286. The quantitative estimate of drug-likeness (QED) is 0.626. The molecule has 2 nitrogen and oxygen atoms in total. The van der Waals surface area contributed by atoms with Crippen LogP contribution >= 0.6 is 0 Å². The summed E-state index contributed by atoms with van der Waals surface area (Å²) >= 11 is 0. The van der Waals surface area contributed by atoms with E-state index in [1.54, 1.807) is 24.3 Å². The Labute approximate surface area is 143 Å². The first-order valence-corrected chi connectivity index (χ1v) is 7.51. The van der Waals surface area contributed by atoms with E-state index in [-0.39, 0.29) is 11.1 Å². The fraction of sp³-hybridized carbons (Fsp3) is 0.100. The maximum atomic E-state index is 15.0. The molecule has 0 aromatic heterocycles. The normalized spacial score (nSPS) is 10.6. The summed E-state index contributed by atoms with van der Waals surface area (Å²) in [4.78, 5) is 0. The third-order valence-corrected chi connectivity index (χ3v) is 3.93. The molecule has 0 spiro atoms. The second-order valence-corrected chi connectivity index (χ2v) is 5.36. The standard InChI is InChI=1S/C20H15F3O2/c1-24-14-7-3-12(4-8-14)18-16(21)11-17(22)19(20(18)23)13-5-9-15(25-2)10-6-13/h3-11H,1-2H3. The SMILES string of the molecule is COc1ccc(-c2c(F)cc(F)c(-c3ccc(OC)cc3)c2F)cc1. The maximum absolute atomic E-state index is 15.0. The van der Waals surface area contributed by atoms with Crippen LogP contribution in [-0.2, 0) is 0 Å². The Morgan fingerprint density at radius 3 is 1.28 bits per heavy atom. The number of ether oxygens (including phenoxy) is 2. The molecule has 0 aliphatic carbocycles. The van der Waals surface area contributed by atoms with Crippen LogP contribution in [0.15, 0.2) is 54.6 Å². The van der Waals surface area contributed by atoms with Crippen LogP contribution in [0.1, 0.15) is 0 Å². The molecule has 25 heavy (non-hydrogen) atoms. The van der Waals surface area contributed by atoms with Crippen LogP contribution in [0.2, 0.25) is 0 Å². The molecule has 0 atom stereocenters. The lowest BCUT2D eigenvalue weighted by atomic mass is 9.96. The van der Waals surface area contributed by atoms with Gasteiger partial charge in [-0.25, -0.2) is 13.2 Å². The van der Waals surface area contributed by atoms with E-state index >= 15 is 0 Å². The lowest BCUT2D eigenvalue weighted by Crippen LogP contribution is -1.98. The van der Waals surface area contributed by atoms with E-state index in [9.17, 15) is 13.2 Å². The minimum Gasteiger partial charge on any atom is -0.497 e. The molecular formula is C20H15F3O2. The lowest BCUT2D eigenvalue weighted by molar-refractivity contribution is 0.415. The van der Waals surface area contributed by atoms with Crippen molar-refractivity contribution in [2.24, 2.45) is 0 Å². The monoisotopic (exact) mass is 344 g/mol. The maximum Gasteiger partial charge on any atom is 0.144 e. The zero-order valence-corrected chi connectivity index (χ0v) is 13.6. The molecule has 5 heteroatoms. The van der Waals surface area contributed by atoms with Crippen molar-refractivity contribution in [3.8, 4) is 33.8 Å². The van der Waals surface area contributed by atoms with Crippen LogP contribution in [0.25, 0.3) is 22.3 Å². The van der Waals surface area contributed by atoms with Gasteiger partial charge in [0.2, 0.25) is 0 Å². The molecule has 0 aliphatic rings. The highest BCUT2D eigenvalue weighted by Crippen LogP contribution is 2.36. The predicted molar refractivity (Wildman–Crippen MR) is 90.3 cm³/mol.